The lowest BCUT2D eigenvalue weighted by molar-refractivity contribution is 0.0951. The fraction of sp³-hybridized carbons (Fsp3) is 0.250. The Morgan fingerprint density at radius 1 is 1.30 bits per heavy atom. The quantitative estimate of drug-likeness (QED) is 0.932. The van der Waals surface area contributed by atoms with Gasteiger partial charge < -0.3 is 5.32 Å². The van der Waals surface area contributed by atoms with Gasteiger partial charge in [-0.15, -0.1) is 0 Å². The molecule has 1 aromatic heterocycles. The zero-order chi connectivity index (χ0) is 14.1. The van der Waals surface area contributed by atoms with Gasteiger partial charge in [0, 0.05) is 34.0 Å². The standard InChI is InChI=1S/C16H15BrN2O/c1-10-2-3-11(16(20)19-14-4-5-14)7-15(10)12-6-13(17)9-18-8-12/h2-3,6-9,14H,4-5H2,1H3,(H,19,20). The van der Waals surface area contributed by atoms with E-state index >= 15 is 0 Å². The number of aromatic nitrogens is 1. The van der Waals surface area contributed by atoms with Gasteiger partial charge in [-0.3, -0.25) is 9.78 Å². The fourth-order valence-electron chi connectivity index (χ4n) is 2.13. The van der Waals surface area contributed by atoms with Crippen LogP contribution in [0.3, 0.4) is 0 Å². The van der Waals surface area contributed by atoms with Crippen molar-refractivity contribution >= 4 is 21.8 Å². The summed E-state index contributed by atoms with van der Waals surface area (Å²) in [4.78, 5) is 16.3. The lowest BCUT2D eigenvalue weighted by Crippen LogP contribution is -2.25. The maximum absolute atomic E-state index is 12.1. The minimum absolute atomic E-state index is 0.0108. The normalized spacial score (nSPS) is 14.1. The number of benzene rings is 1. The molecule has 1 aromatic carbocycles. The summed E-state index contributed by atoms with van der Waals surface area (Å²) in [7, 11) is 0. The molecular weight excluding hydrogens is 316 g/mol. The van der Waals surface area contributed by atoms with Crippen LogP contribution in [-0.4, -0.2) is 16.9 Å². The molecule has 3 nitrogen and oxygen atoms in total. The molecule has 1 heterocycles. The van der Waals surface area contributed by atoms with E-state index in [9.17, 15) is 4.79 Å². The van der Waals surface area contributed by atoms with Gasteiger partial charge in [-0.1, -0.05) is 6.07 Å². The largest absolute Gasteiger partial charge is 0.349 e. The average molecular weight is 331 g/mol. The van der Waals surface area contributed by atoms with Crippen molar-refractivity contribution in [3.8, 4) is 11.1 Å². The second-order valence-corrected chi connectivity index (χ2v) is 6.08. The molecule has 1 amide bonds. The first-order chi connectivity index (χ1) is 9.63. The van der Waals surface area contributed by atoms with E-state index in [4.69, 9.17) is 0 Å². The molecule has 0 aliphatic heterocycles. The highest BCUT2D eigenvalue weighted by Crippen LogP contribution is 2.27. The molecule has 2 aromatic rings. The van der Waals surface area contributed by atoms with E-state index < -0.39 is 0 Å². The summed E-state index contributed by atoms with van der Waals surface area (Å²) in [6.45, 7) is 2.04. The molecule has 0 unspecified atom stereocenters. The smallest absolute Gasteiger partial charge is 0.251 e. The monoisotopic (exact) mass is 330 g/mol. The number of hydrogen-bond donors (Lipinski definition) is 1. The van der Waals surface area contributed by atoms with Crippen LogP contribution < -0.4 is 5.32 Å². The summed E-state index contributed by atoms with van der Waals surface area (Å²) in [5.74, 6) is 0.0108. The SMILES string of the molecule is Cc1ccc(C(=O)NC2CC2)cc1-c1cncc(Br)c1. The molecule has 20 heavy (non-hydrogen) atoms. The lowest BCUT2D eigenvalue weighted by atomic mass is 9.99. The van der Waals surface area contributed by atoms with Gasteiger partial charge in [0.2, 0.25) is 0 Å². The molecule has 1 fully saturated rings. The predicted octanol–water partition coefficient (Wildman–Crippen LogP) is 3.71. The average Bonchev–Trinajstić information content (AvgIpc) is 3.23. The summed E-state index contributed by atoms with van der Waals surface area (Å²) in [5, 5.41) is 3.02. The van der Waals surface area contributed by atoms with Gasteiger partial charge in [0.05, 0.1) is 0 Å². The van der Waals surface area contributed by atoms with Crippen LogP contribution in [0.1, 0.15) is 28.8 Å². The summed E-state index contributed by atoms with van der Waals surface area (Å²) in [6.07, 6.45) is 5.76. The number of hydrogen-bond acceptors (Lipinski definition) is 2. The third kappa shape index (κ3) is 2.90. The molecule has 0 spiro atoms. The molecule has 1 aliphatic rings. The zero-order valence-electron chi connectivity index (χ0n) is 11.2. The summed E-state index contributed by atoms with van der Waals surface area (Å²) in [5.41, 5.74) is 3.89. The lowest BCUT2D eigenvalue weighted by Gasteiger charge is -2.09. The Kier molecular flexibility index (Phi) is 3.57. The number of halogens is 1. The van der Waals surface area contributed by atoms with Crippen LogP contribution in [0.2, 0.25) is 0 Å². The number of rotatable bonds is 3. The fourth-order valence-corrected chi connectivity index (χ4v) is 2.49. The van der Waals surface area contributed by atoms with E-state index in [1.165, 1.54) is 0 Å². The van der Waals surface area contributed by atoms with Gasteiger partial charge in [-0.25, -0.2) is 0 Å². The molecule has 1 aliphatic carbocycles. The van der Waals surface area contributed by atoms with E-state index in [-0.39, 0.29) is 5.91 Å². The van der Waals surface area contributed by atoms with Crippen molar-refractivity contribution in [3.05, 3.63) is 52.3 Å². The summed E-state index contributed by atoms with van der Waals surface area (Å²) in [6, 6.07) is 8.19. The first-order valence-electron chi connectivity index (χ1n) is 6.66. The molecule has 0 bridgehead atoms. The molecular formula is C16H15BrN2O. The third-order valence-corrected chi connectivity index (χ3v) is 3.86. The number of amides is 1. The molecule has 1 saturated carbocycles. The molecule has 4 heteroatoms. The van der Waals surface area contributed by atoms with E-state index in [2.05, 4.69) is 26.2 Å². The van der Waals surface area contributed by atoms with E-state index in [0.29, 0.717) is 11.6 Å². The summed E-state index contributed by atoms with van der Waals surface area (Å²) < 4.78 is 0.933. The van der Waals surface area contributed by atoms with Crippen molar-refractivity contribution in [2.75, 3.05) is 0 Å². The van der Waals surface area contributed by atoms with Crippen molar-refractivity contribution in [2.24, 2.45) is 0 Å². The topological polar surface area (TPSA) is 42.0 Å². The Hall–Kier alpha value is -1.68. The Labute approximate surface area is 126 Å². The first kappa shape index (κ1) is 13.3. The number of carbonyl (C=O) groups excluding carboxylic acids is 1. The van der Waals surface area contributed by atoms with Crippen LogP contribution in [0.4, 0.5) is 0 Å². The van der Waals surface area contributed by atoms with Crippen molar-refractivity contribution < 1.29 is 4.79 Å². The van der Waals surface area contributed by atoms with Gasteiger partial charge in [0.1, 0.15) is 0 Å². The van der Waals surface area contributed by atoms with Crippen molar-refractivity contribution in [2.45, 2.75) is 25.8 Å². The number of carbonyl (C=O) groups is 1. The predicted molar refractivity (Wildman–Crippen MR) is 82.6 cm³/mol. The Bertz CT molecular complexity index is 665. The second kappa shape index (κ2) is 5.37. The molecule has 0 radical (unpaired) electrons. The van der Waals surface area contributed by atoms with Gasteiger partial charge in [-0.05, 0) is 65.0 Å². The van der Waals surface area contributed by atoms with Crippen molar-refractivity contribution in [3.63, 3.8) is 0 Å². The highest BCUT2D eigenvalue weighted by Gasteiger charge is 2.24. The van der Waals surface area contributed by atoms with Gasteiger partial charge in [0.25, 0.3) is 5.91 Å². The minimum Gasteiger partial charge on any atom is -0.349 e. The maximum atomic E-state index is 12.1. The van der Waals surface area contributed by atoms with Crippen LogP contribution in [0.5, 0.6) is 0 Å². The minimum atomic E-state index is 0.0108. The van der Waals surface area contributed by atoms with Crippen LogP contribution in [0.25, 0.3) is 11.1 Å². The van der Waals surface area contributed by atoms with Crippen LogP contribution >= 0.6 is 15.9 Å². The number of nitrogens with one attached hydrogen (secondary N) is 1. The third-order valence-electron chi connectivity index (χ3n) is 3.43. The van der Waals surface area contributed by atoms with E-state index in [1.54, 1.807) is 6.20 Å². The van der Waals surface area contributed by atoms with E-state index in [0.717, 1.165) is 34.0 Å². The molecule has 0 atom stereocenters. The Balaban J connectivity index is 1.95. The van der Waals surface area contributed by atoms with Crippen molar-refractivity contribution in [1.29, 1.82) is 0 Å². The number of nitrogens with zero attached hydrogens (tertiary/aromatic N) is 1. The Morgan fingerprint density at radius 2 is 2.10 bits per heavy atom. The molecule has 0 saturated heterocycles. The van der Waals surface area contributed by atoms with Gasteiger partial charge in [-0.2, -0.15) is 0 Å². The van der Waals surface area contributed by atoms with Crippen molar-refractivity contribution in [1.82, 2.24) is 10.3 Å². The van der Waals surface area contributed by atoms with Crippen LogP contribution in [-0.2, 0) is 0 Å². The van der Waals surface area contributed by atoms with Crippen LogP contribution in [0.15, 0.2) is 41.1 Å². The number of aryl methyl sites for hydroxylation is 1. The second-order valence-electron chi connectivity index (χ2n) is 5.17. The molecule has 102 valence electrons. The Morgan fingerprint density at radius 3 is 2.80 bits per heavy atom. The van der Waals surface area contributed by atoms with Crippen LogP contribution in [0, 0.1) is 6.92 Å². The highest BCUT2D eigenvalue weighted by molar-refractivity contribution is 9.10. The maximum Gasteiger partial charge on any atom is 0.251 e. The molecule has 1 N–H and O–H groups in total. The molecule has 3 rings (SSSR count). The zero-order valence-corrected chi connectivity index (χ0v) is 12.8. The first-order valence-corrected chi connectivity index (χ1v) is 7.45. The number of pyridine rings is 1. The van der Waals surface area contributed by atoms with E-state index in [1.807, 2.05) is 37.4 Å². The highest BCUT2D eigenvalue weighted by atomic mass is 79.9. The summed E-state index contributed by atoms with van der Waals surface area (Å²) >= 11 is 3.43. The van der Waals surface area contributed by atoms with Gasteiger partial charge in [0.15, 0.2) is 0 Å². The van der Waals surface area contributed by atoms with Gasteiger partial charge >= 0.3 is 0 Å².